The van der Waals surface area contributed by atoms with Crippen LogP contribution in [-0.4, -0.2) is 16.2 Å². The number of nitrogens with one attached hydrogen (secondary N) is 1. The molecular weight excluding hydrogens is 502 g/mol. The van der Waals surface area contributed by atoms with E-state index in [9.17, 15) is 4.79 Å². The maximum Gasteiger partial charge on any atom is 0.303 e. The molecule has 0 bridgehead atoms. The number of halogens is 1. The van der Waals surface area contributed by atoms with Crippen LogP contribution >= 0.6 is 15.9 Å². The van der Waals surface area contributed by atoms with E-state index in [1.807, 2.05) is 66.7 Å². The van der Waals surface area contributed by atoms with E-state index in [2.05, 4.69) is 62.5 Å². The van der Waals surface area contributed by atoms with Crippen LogP contribution in [-0.2, 0) is 14.9 Å². The summed E-state index contributed by atoms with van der Waals surface area (Å²) in [5.41, 5.74) is 10.7. The summed E-state index contributed by atoms with van der Waals surface area (Å²) in [6.07, 6.45) is -0.765. The predicted molar refractivity (Wildman–Crippen MR) is 142 cm³/mol. The van der Waals surface area contributed by atoms with E-state index in [1.54, 1.807) is 0 Å². The lowest BCUT2D eigenvalue weighted by atomic mass is 9.64. The number of carbonyl (C=O) groups excluding carboxylic acids is 1. The lowest BCUT2D eigenvalue weighted by Gasteiger charge is -2.42. The van der Waals surface area contributed by atoms with Gasteiger partial charge in [0.15, 0.2) is 0 Å². The number of benzene rings is 4. The van der Waals surface area contributed by atoms with Gasteiger partial charge in [-0.05, 0) is 44.8 Å². The number of nitrogens with two attached hydrogens (primary N) is 1. The van der Waals surface area contributed by atoms with Gasteiger partial charge in [-0.25, -0.2) is 0 Å². The number of nitrogens with zero attached hydrogens (tertiary/aromatic N) is 1. The van der Waals surface area contributed by atoms with E-state index in [1.165, 1.54) is 6.92 Å². The number of rotatable bonds is 6. The summed E-state index contributed by atoms with van der Waals surface area (Å²) < 4.78 is 6.91. The van der Waals surface area contributed by atoms with Gasteiger partial charge in [-0.3, -0.25) is 9.89 Å². The first kappa shape index (κ1) is 22.9. The Labute approximate surface area is 212 Å². The summed E-state index contributed by atoms with van der Waals surface area (Å²) >= 11 is 3.47. The van der Waals surface area contributed by atoms with Gasteiger partial charge in [0.05, 0.1) is 10.9 Å². The van der Waals surface area contributed by atoms with Crippen LogP contribution in [0.15, 0.2) is 108 Å². The molecular formula is C29H24BrN3O2. The number of fused-ring (bicyclic) bond motifs is 1. The van der Waals surface area contributed by atoms with Gasteiger partial charge >= 0.3 is 5.97 Å². The Kier molecular flexibility index (Phi) is 6.14. The van der Waals surface area contributed by atoms with Gasteiger partial charge in [0, 0.05) is 23.6 Å². The Morgan fingerprint density at radius 3 is 1.83 bits per heavy atom. The zero-order valence-corrected chi connectivity index (χ0v) is 20.7. The van der Waals surface area contributed by atoms with E-state index in [0.717, 1.165) is 27.6 Å². The molecule has 4 aromatic carbocycles. The minimum absolute atomic E-state index is 0.396. The minimum Gasteiger partial charge on any atom is -0.456 e. The minimum atomic E-state index is -0.880. The van der Waals surface area contributed by atoms with Gasteiger partial charge in [-0.1, -0.05) is 91.0 Å². The summed E-state index contributed by atoms with van der Waals surface area (Å²) in [4.78, 5) is 12.7. The number of anilines is 1. The maximum absolute atomic E-state index is 12.7. The average Bonchev–Trinajstić information content (AvgIpc) is 3.24. The van der Waals surface area contributed by atoms with Gasteiger partial charge in [0.1, 0.15) is 10.7 Å². The largest absolute Gasteiger partial charge is 0.456 e. The summed E-state index contributed by atoms with van der Waals surface area (Å²) in [6.45, 7) is 1.43. The van der Waals surface area contributed by atoms with E-state index in [-0.39, 0.29) is 0 Å². The fraction of sp³-hybridized carbons (Fsp3) is 0.103. The highest BCUT2D eigenvalue weighted by molar-refractivity contribution is 9.10. The molecule has 1 aromatic heterocycles. The highest BCUT2D eigenvalue weighted by atomic mass is 79.9. The molecule has 6 heteroatoms. The molecule has 0 saturated carbocycles. The van der Waals surface area contributed by atoms with Crippen molar-refractivity contribution < 1.29 is 9.53 Å². The van der Waals surface area contributed by atoms with Gasteiger partial charge in [-0.15, -0.1) is 0 Å². The van der Waals surface area contributed by atoms with Crippen molar-refractivity contribution in [2.45, 2.75) is 18.4 Å². The lowest BCUT2D eigenvalue weighted by Crippen LogP contribution is -2.39. The number of aromatic nitrogens is 2. The number of aromatic amines is 1. The first-order valence-corrected chi connectivity index (χ1v) is 12.1. The molecule has 174 valence electrons. The standard InChI is InChI=1S/C29H24BrN3O2/c1-19(34)35-27(23-18-26-24(17-25(23)31)28(30)33-32-26)29(20-11-5-2-6-12-20,21-13-7-3-8-14-21)22-15-9-4-10-16-22/h2-18,27H,31H2,1H3,(H,32,33). The van der Waals surface area contributed by atoms with E-state index < -0.39 is 17.5 Å². The normalized spacial score (nSPS) is 12.4. The number of H-pyrrole nitrogens is 1. The number of hydrogen-bond acceptors (Lipinski definition) is 4. The van der Waals surface area contributed by atoms with Crippen molar-refractivity contribution in [2.75, 3.05) is 5.73 Å². The molecule has 0 spiro atoms. The third kappa shape index (κ3) is 4.00. The molecule has 0 aliphatic rings. The van der Waals surface area contributed by atoms with Crippen LogP contribution in [0.2, 0.25) is 0 Å². The highest BCUT2D eigenvalue weighted by Gasteiger charge is 2.47. The predicted octanol–water partition coefficient (Wildman–Crippen LogP) is 6.55. The molecule has 1 heterocycles. The van der Waals surface area contributed by atoms with Crippen molar-refractivity contribution in [1.29, 1.82) is 0 Å². The van der Waals surface area contributed by atoms with E-state index >= 15 is 0 Å². The molecule has 5 aromatic rings. The lowest BCUT2D eigenvalue weighted by molar-refractivity contribution is -0.149. The molecule has 0 saturated heterocycles. The SMILES string of the molecule is CC(=O)OC(c1cc2[nH]nc(Br)c2cc1N)C(c1ccccc1)(c1ccccc1)c1ccccc1. The molecule has 0 aliphatic heterocycles. The van der Waals surface area contributed by atoms with Crippen molar-refractivity contribution in [3.63, 3.8) is 0 Å². The zero-order valence-electron chi connectivity index (χ0n) is 19.1. The number of esters is 1. The number of carbonyl (C=O) groups is 1. The van der Waals surface area contributed by atoms with Crippen molar-refractivity contribution in [3.05, 3.63) is 130 Å². The summed E-state index contributed by atoms with van der Waals surface area (Å²) in [7, 11) is 0. The third-order valence-electron chi connectivity index (χ3n) is 6.37. The molecule has 0 radical (unpaired) electrons. The number of ether oxygens (including phenoxy) is 1. The Bertz CT molecular complexity index is 1370. The van der Waals surface area contributed by atoms with Crippen molar-refractivity contribution >= 4 is 38.5 Å². The van der Waals surface area contributed by atoms with Gasteiger partial charge < -0.3 is 10.5 Å². The Balaban J connectivity index is 1.91. The van der Waals surface area contributed by atoms with Crippen LogP contribution in [0.25, 0.3) is 10.9 Å². The van der Waals surface area contributed by atoms with Crippen molar-refractivity contribution in [2.24, 2.45) is 0 Å². The Hall–Kier alpha value is -3.90. The van der Waals surface area contributed by atoms with Crippen LogP contribution in [0.5, 0.6) is 0 Å². The fourth-order valence-corrected chi connectivity index (χ4v) is 5.32. The first-order valence-electron chi connectivity index (χ1n) is 11.3. The second-order valence-corrected chi connectivity index (χ2v) is 9.19. The second-order valence-electron chi connectivity index (χ2n) is 8.44. The molecule has 0 amide bonds. The van der Waals surface area contributed by atoms with Crippen molar-refractivity contribution in [1.82, 2.24) is 10.2 Å². The smallest absolute Gasteiger partial charge is 0.303 e. The number of nitrogen functional groups attached to an aromatic ring is 1. The highest BCUT2D eigenvalue weighted by Crippen LogP contribution is 2.52. The molecule has 1 atom stereocenters. The molecule has 1 unspecified atom stereocenters. The topological polar surface area (TPSA) is 81.0 Å². The monoisotopic (exact) mass is 525 g/mol. The van der Waals surface area contributed by atoms with Crippen LogP contribution in [0.4, 0.5) is 5.69 Å². The van der Waals surface area contributed by atoms with Crippen LogP contribution < -0.4 is 5.73 Å². The van der Waals surface area contributed by atoms with Crippen LogP contribution in [0, 0.1) is 0 Å². The fourth-order valence-electron chi connectivity index (χ4n) is 4.90. The Morgan fingerprint density at radius 1 is 0.886 bits per heavy atom. The number of hydrogen-bond donors (Lipinski definition) is 2. The maximum atomic E-state index is 12.7. The molecule has 0 aliphatic carbocycles. The second kappa shape index (κ2) is 9.39. The van der Waals surface area contributed by atoms with Gasteiger partial charge in [0.25, 0.3) is 0 Å². The van der Waals surface area contributed by atoms with E-state index in [4.69, 9.17) is 10.5 Å². The zero-order chi connectivity index (χ0) is 24.4. The van der Waals surface area contributed by atoms with Crippen LogP contribution in [0.3, 0.4) is 0 Å². The molecule has 3 N–H and O–H groups in total. The summed E-state index contributed by atoms with van der Waals surface area (Å²) in [6, 6.07) is 34.1. The van der Waals surface area contributed by atoms with Crippen LogP contribution in [0.1, 0.15) is 35.3 Å². The first-order chi connectivity index (χ1) is 17.0. The molecule has 5 rings (SSSR count). The van der Waals surface area contributed by atoms with Crippen molar-refractivity contribution in [3.8, 4) is 0 Å². The molecule has 5 nitrogen and oxygen atoms in total. The average molecular weight is 526 g/mol. The molecule has 35 heavy (non-hydrogen) atoms. The quantitative estimate of drug-likeness (QED) is 0.149. The summed E-state index contributed by atoms with van der Waals surface area (Å²) in [5.74, 6) is -0.396. The Morgan fingerprint density at radius 2 is 1.37 bits per heavy atom. The van der Waals surface area contributed by atoms with E-state index in [0.29, 0.717) is 15.9 Å². The van der Waals surface area contributed by atoms with Gasteiger partial charge in [-0.2, -0.15) is 5.10 Å². The molecule has 0 fully saturated rings. The van der Waals surface area contributed by atoms with Gasteiger partial charge in [0.2, 0.25) is 0 Å². The third-order valence-corrected chi connectivity index (χ3v) is 6.97. The summed E-state index contributed by atoms with van der Waals surface area (Å²) in [5, 5.41) is 8.16.